The highest BCUT2D eigenvalue weighted by Crippen LogP contribution is 1.99. The molecule has 0 aromatic carbocycles. The Labute approximate surface area is 191 Å². The average Bonchev–Trinajstić information content (AvgIpc) is 2.76. The minimum absolute atomic E-state index is 0.546. The van der Waals surface area contributed by atoms with Crippen molar-refractivity contribution in [1.82, 2.24) is 0 Å². The molecule has 0 fully saturated rings. The first kappa shape index (κ1) is 30.2. The van der Waals surface area contributed by atoms with E-state index < -0.39 is 0 Å². The highest BCUT2D eigenvalue weighted by atomic mass is 79.9. The monoisotopic (exact) mass is 502 g/mol. The van der Waals surface area contributed by atoms with Gasteiger partial charge in [0.1, 0.15) is 0 Å². The van der Waals surface area contributed by atoms with Crippen molar-refractivity contribution in [1.29, 1.82) is 0 Å². The summed E-state index contributed by atoms with van der Waals surface area (Å²) in [7, 11) is 0. The fourth-order valence-corrected chi connectivity index (χ4v) is 2.23. The molecule has 1 atom stereocenters. The van der Waals surface area contributed by atoms with Gasteiger partial charge < -0.3 is 37.9 Å². The molecule has 0 spiro atoms. The number of ether oxygens (including phenoxy) is 8. The minimum Gasteiger partial charge on any atom is -0.379 e. The zero-order valence-electron chi connectivity index (χ0n) is 18.9. The van der Waals surface area contributed by atoms with Crippen LogP contribution in [-0.4, -0.2) is 111 Å². The summed E-state index contributed by atoms with van der Waals surface area (Å²) in [6, 6.07) is 0. The molecule has 0 rings (SSSR count). The summed E-state index contributed by atoms with van der Waals surface area (Å²) in [4.78, 5) is 0. The second kappa shape index (κ2) is 27.2. The number of halogens is 1. The van der Waals surface area contributed by atoms with Crippen LogP contribution in [0.3, 0.4) is 0 Å². The molecule has 0 aromatic rings. The maximum absolute atomic E-state index is 5.51. The lowest BCUT2D eigenvalue weighted by Crippen LogP contribution is -2.15. The van der Waals surface area contributed by atoms with E-state index in [1.165, 1.54) is 0 Å². The number of hydrogen-bond acceptors (Lipinski definition) is 8. The van der Waals surface area contributed by atoms with E-state index in [0.717, 1.165) is 18.4 Å². The van der Waals surface area contributed by atoms with Crippen LogP contribution in [0, 0.1) is 5.92 Å². The van der Waals surface area contributed by atoms with Gasteiger partial charge in [0.15, 0.2) is 0 Å². The quantitative estimate of drug-likeness (QED) is 0.132. The van der Waals surface area contributed by atoms with Crippen molar-refractivity contribution in [3.63, 3.8) is 0 Å². The molecule has 0 saturated heterocycles. The topological polar surface area (TPSA) is 73.8 Å². The van der Waals surface area contributed by atoms with Gasteiger partial charge >= 0.3 is 0 Å². The van der Waals surface area contributed by atoms with Gasteiger partial charge in [-0.15, -0.1) is 0 Å². The Balaban J connectivity index is 3.00. The smallest absolute Gasteiger partial charge is 0.0701 e. The van der Waals surface area contributed by atoms with Gasteiger partial charge in [0.2, 0.25) is 0 Å². The standard InChI is InChI=1S/C21H43BrO8/c1-3-21(2)20-30-19-18-29-17-16-28-15-14-27-13-12-26-11-10-25-9-8-24-7-6-23-5-4-22/h21H,3-20H2,1-2H3. The lowest BCUT2D eigenvalue weighted by atomic mass is 10.1. The van der Waals surface area contributed by atoms with Crippen molar-refractivity contribution in [2.75, 3.05) is 111 Å². The third-order valence-corrected chi connectivity index (χ3v) is 4.25. The van der Waals surface area contributed by atoms with Crippen LogP contribution >= 0.6 is 15.9 Å². The largest absolute Gasteiger partial charge is 0.379 e. The molecule has 0 radical (unpaired) electrons. The second-order valence-electron chi connectivity index (χ2n) is 6.56. The molecule has 0 bridgehead atoms. The SMILES string of the molecule is CCC(C)COCCOCCOCCOCCOCCOCCOCCOCCBr. The summed E-state index contributed by atoms with van der Waals surface area (Å²) in [6.45, 7) is 13.9. The van der Waals surface area contributed by atoms with E-state index in [4.69, 9.17) is 37.9 Å². The predicted octanol–water partition coefficient (Wildman–Crippen LogP) is 2.56. The molecule has 9 heteroatoms. The van der Waals surface area contributed by atoms with Crippen LogP contribution in [0.5, 0.6) is 0 Å². The van der Waals surface area contributed by atoms with E-state index in [1.54, 1.807) is 0 Å². The molecule has 0 N–H and O–H groups in total. The maximum Gasteiger partial charge on any atom is 0.0701 e. The molecule has 0 amide bonds. The fourth-order valence-electron chi connectivity index (χ4n) is 2.00. The zero-order valence-corrected chi connectivity index (χ0v) is 20.5. The molecule has 0 aliphatic rings. The third kappa shape index (κ3) is 26.2. The van der Waals surface area contributed by atoms with Crippen LogP contribution in [-0.2, 0) is 37.9 Å². The first-order valence-electron chi connectivity index (χ1n) is 11.0. The second-order valence-corrected chi connectivity index (χ2v) is 7.36. The summed E-state index contributed by atoms with van der Waals surface area (Å²) in [6.07, 6.45) is 1.14. The van der Waals surface area contributed by atoms with Crippen LogP contribution in [0.15, 0.2) is 0 Å². The number of rotatable bonds is 26. The van der Waals surface area contributed by atoms with E-state index in [2.05, 4.69) is 29.8 Å². The third-order valence-electron chi connectivity index (χ3n) is 3.92. The van der Waals surface area contributed by atoms with Crippen LogP contribution in [0.4, 0.5) is 0 Å². The van der Waals surface area contributed by atoms with Crippen molar-refractivity contribution in [3.05, 3.63) is 0 Å². The van der Waals surface area contributed by atoms with E-state index in [1.807, 2.05) is 0 Å². The summed E-state index contributed by atoms with van der Waals surface area (Å²) >= 11 is 3.30. The van der Waals surface area contributed by atoms with Crippen molar-refractivity contribution < 1.29 is 37.9 Å². The summed E-state index contributed by atoms with van der Waals surface area (Å²) in [5.74, 6) is 0.608. The maximum atomic E-state index is 5.51. The summed E-state index contributed by atoms with van der Waals surface area (Å²) < 4.78 is 43.3. The van der Waals surface area contributed by atoms with E-state index in [-0.39, 0.29) is 0 Å². The molecule has 30 heavy (non-hydrogen) atoms. The highest BCUT2D eigenvalue weighted by Gasteiger charge is 1.98. The average molecular weight is 503 g/mol. The van der Waals surface area contributed by atoms with Gasteiger partial charge in [0.05, 0.1) is 99.1 Å². The van der Waals surface area contributed by atoms with Gasteiger partial charge in [-0.3, -0.25) is 0 Å². The summed E-state index contributed by atoms with van der Waals surface area (Å²) in [5.41, 5.74) is 0. The molecular weight excluding hydrogens is 460 g/mol. The van der Waals surface area contributed by atoms with Crippen LogP contribution in [0.2, 0.25) is 0 Å². The molecular formula is C21H43BrO8. The highest BCUT2D eigenvalue weighted by molar-refractivity contribution is 9.09. The van der Waals surface area contributed by atoms with Crippen molar-refractivity contribution in [2.45, 2.75) is 20.3 Å². The molecule has 0 heterocycles. The lowest BCUT2D eigenvalue weighted by Gasteiger charge is -2.10. The lowest BCUT2D eigenvalue weighted by molar-refractivity contribution is -0.0235. The normalized spacial score (nSPS) is 12.5. The van der Waals surface area contributed by atoms with Crippen molar-refractivity contribution in [2.24, 2.45) is 5.92 Å². The van der Waals surface area contributed by atoms with Crippen LogP contribution in [0.1, 0.15) is 20.3 Å². The van der Waals surface area contributed by atoms with Gasteiger partial charge in [-0.05, 0) is 5.92 Å². The molecule has 8 nitrogen and oxygen atoms in total. The summed E-state index contributed by atoms with van der Waals surface area (Å²) in [5, 5.41) is 0.847. The number of alkyl halides is 1. The molecule has 0 aromatic heterocycles. The molecule has 0 aliphatic heterocycles. The Morgan fingerprint density at radius 1 is 0.467 bits per heavy atom. The Morgan fingerprint density at radius 3 is 1.00 bits per heavy atom. The van der Waals surface area contributed by atoms with Gasteiger partial charge in [0, 0.05) is 11.9 Å². The van der Waals surface area contributed by atoms with E-state index in [9.17, 15) is 0 Å². The van der Waals surface area contributed by atoms with E-state index >= 15 is 0 Å². The van der Waals surface area contributed by atoms with Gasteiger partial charge in [0.25, 0.3) is 0 Å². The van der Waals surface area contributed by atoms with Gasteiger partial charge in [-0.25, -0.2) is 0 Å². The minimum atomic E-state index is 0.546. The Hall–Kier alpha value is 0.160. The fraction of sp³-hybridized carbons (Fsp3) is 1.00. The Bertz CT molecular complexity index is 313. The van der Waals surface area contributed by atoms with Crippen molar-refractivity contribution >= 4 is 15.9 Å². The zero-order chi connectivity index (χ0) is 22.0. The first-order chi connectivity index (χ1) is 14.8. The van der Waals surface area contributed by atoms with Gasteiger partial charge in [-0.1, -0.05) is 36.2 Å². The number of hydrogen-bond donors (Lipinski definition) is 0. The Morgan fingerprint density at radius 2 is 0.733 bits per heavy atom. The predicted molar refractivity (Wildman–Crippen MR) is 120 cm³/mol. The van der Waals surface area contributed by atoms with Gasteiger partial charge in [-0.2, -0.15) is 0 Å². The first-order valence-corrected chi connectivity index (χ1v) is 12.1. The molecule has 1 unspecified atom stereocenters. The van der Waals surface area contributed by atoms with Crippen LogP contribution < -0.4 is 0 Å². The van der Waals surface area contributed by atoms with Crippen molar-refractivity contribution in [3.8, 4) is 0 Å². The molecule has 0 saturated carbocycles. The van der Waals surface area contributed by atoms with E-state index in [0.29, 0.717) is 105 Å². The molecule has 0 aliphatic carbocycles. The van der Waals surface area contributed by atoms with Crippen LogP contribution in [0.25, 0.3) is 0 Å². The molecule has 182 valence electrons. The Kier molecular flexibility index (Phi) is 27.3.